The number of allylic oxidation sites excluding steroid dienone is 1. The third-order valence-electron chi connectivity index (χ3n) is 3.55. The Morgan fingerprint density at radius 2 is 2.00 bits per heavy atom. The summed E-state index contributed by atoms with van der Waals surface area (Å²) in [6.07, 6.45) is 0.409. The molecule has 2 aliphatic rings. The van der Waals surface area contributed by atoms with Crippen molar-refractivity contribution in [2.45, 2.75) is 70.7 Å². The van der Waals surface area contributed by atoms with Crippen molar-refractivity contribution in [1.82, 2.24) is 4.90 Å². The highest BCUT2D eigenvalue weighted by Gasteiger charge is 2.56. The van der Waals surface area contributed by atoms with Crippen LogP contribution in [-0.4, -0.2) is 53.0 Å². The van der Waals surface area contributed by atoms with Gasteiger partial charge in [0.15, 0.2) is 11.6 Å². The molecule has 0 saturated carbocycles. The van der Waals surface area contributed by atoms with E-state index in [1.807, 2.05) is 0 Å². The molecule has 1 amide bonds. The van der Waals surface area contributed by atoms with Crippen molar-refractivity contribution in [1.29, 1.82) is 0 Å². The van der Waals surface area contributed by atoms with Crippen molar-refractivity contribution < 1.29 is 23.8 Å². The first-order valence-electron chi connectivity index (χ1n) is 7.53. The fraction of sp³-hybridized carbons (Fsp3) is 0.750. The maximum atomic E-state index is 12.4. The maximum absolute atomic E-state index is 12.4. The highest BCUT2D eigenvalue weighted by Crippen LogP contribution is 2.38. The molecule has 0 radical (unpaired) electrons. The SMILES string of the molecule is C=CCC(=O)[C@H]1[C@@H]2OC(C)(C)O[C@@H]2CN1C(=O)OC(C)(C)C. The van der Waals surface area contributed by atoms with Gasteiger partial charge in [-0.3, -0.25) is 9.69 Å². The van der Waals surface area contributed by atoms with Crippen LogP contribution in [0.4, 0.5) is 4.79 Å². The third-order valence-corrected chi connectivity index (χ3v) is 3.55. The Morgan fingerprint density at radius 1 is 1.36 bits per heavy atom. The molecule has 0 unspecified atom stereocenters. The maximum Gasteiger partial charge on any atom is 0.411 e. The number of nitrogens with zero attached hydrogens (tertiary/aromatic N) is 1. The zero-order chi connectivity index (χ0) is 16.7. The van der Waals surface area contributed by atoms with E-state index >= 15 is 0 Å². The first-order valence-corrected chi connectivity index (χ1v) is 7.53. The van der Waals surface area contributed by atoms with Crippen molar-refractivity contribution >= 4 is 11.9 Å². The Bertz CT molecular complexity index is 479. The minimum Gasteiger partial charge on any atom is -0.444 e. The van der Waals surface area contributed by atoms with Crippen molar-refractivity contribution in [2.24, 2.45) is 0 Å². The lowest BCUT2D eigenvalue weighted by Gasteiger charge is -2.30. The molecular weight excluding hydrogens is 286 g/mol. The molecule has 2 fully saturated rings. The van der Waals surface area contributed by atoms with E-state index in [1.165, 1.54) is 11.0 Å². The molecular formula is C16H25NO5. The molecule has 6 heteroatoms. The largest absolute Gasteiger partial charge is 0.444 e. The molecule has 0 spiro atoms. The molecule has 2 rings (SSSR count). The standard InChI is InChI=1S/C16H25NO5/c1-7-8-10(18)12-13-11(20-16(5,6)21-13)9-17(12)14(19)22-15(2,3)4/h7,11-13H,1,8-9H2,2-6H3/t11-,12+,13-/m1/s1. The Labute approximate surface area is 131 Å². The molecule has 0 bridgehead atoms. The second kappa shape index (κ2) is 5.66. The smallest absolute Gasteiger partial charge is 0.411 e. The minimum absolute atomic E-state index is 0.116. The monoisotopic (exact) mass is 311 g/mol. The van der Waals surface area contributed by atoms with Gasteiger partial charge in [-0.2, -0.15) is 0 Å². The van der Waals surface area contributed by atoms with Gasteiger partial charge in [0.25, 0.3) is 0 Å². The van der Waals surface area contributed by atoms with Crippen LogP contribution in [0, 0.1) is 0 Å². The molecule has 0 aliphatic carbocycles. The second-order valence-electron chi connectivity index (χ2n) is 7.18. The van der Waals surface area contributed by atoms with E-state index in [9.17, 15) is 9.59 Å². The van der Waals surface area contributed by atoms with E-state index in [4.69, 9.17) is 14.2 Å². The molecule has 0 N–H and O–H groups in total. The van der Waals surface area contributed by atoms with Crippen molar-refractivity contribution in [3.63, 3.8) is 0 Å². The number of carbonyl (C=O) groups excluding carboxylic acids is 2. The van der Waals surface area contributed by atoms with Crippen LogP contribution in [0.25, 0.3) is 0 Å². The van der Waals surface area contributed by atoms with Gasteiger partial charge >= 0.3 is 6.09 Å². The van der Waals surface area contributed by atoms with Crippen LogP contribution in [0.3, 0.4) is 0 Å². The van der Waals surface area contributed by atoms with Crippen LogP contribution < -0.4 is 0 Å². The average molecular weight is 311 g/mol. The van der Waals surface area contributed by atoms with E-state index in [0.29, 0.717) is 0 Å². The number of hydrogen-bond acceptors (Lipinski definition) is 5. The summed E-state index contributed by atoms with van der Waals surface area (Å²) in [5.41, 5.74) is -0.623. The van der Waals surface area contributed by atoms with Gasteiger partial charge in [0, 0.05) is 6.42 Å². The molecule has 22 heavy (non-hydrogen) atoms. The number of likely N-dealkylation sites (tertiary alicyclic amines) is 1. The Morgan fingerprint density at radius 3 is 2.55 bits per heavy atom. The summed E-state index contributed by atoms with van der Waals surface area (Å²) in [4.78, 5) is 26.2. The molecule has 3 atom stereocenters. The Kier molecular flexibility index (Phi) is 4.37. The normalized spacial score (nSPS) is 30.0. The van der Waals surface area contributed by atoms with Crippen molar-refractivity contribution in [3.05, 3.63) is 12.7 Å². The average Bonchev–Trinajstić information content (AvgIpc) is 2.78. The van der Waals surface area contributed by atoms with E-state index in [0.717, 1.165) is 0 Å². The van der Waals surface area contributed by atoms with E-state index in [-0.39, 0.29) is 24.9 Å². The fourth-order valence-electron chi connectivity index (χ4n) is 2.89. The zero-order valence-electron chi connectivity index (χ0n) is 13.9. The van der Waals surface area contributed by atoms with Crippen LogP contribution >= 0.6 is 0 Å². The lowest BCUT2D eigenvalue weighted by Crippen LogP contribution is -2.48. The van der Waals surface area contributed by atoms with Crippen molar-refractivity contribution in [3.8, 4) is 0 Å². The summed E-state index contributed by atoms with van der Waals surface area (Å²) >= 11 is 0. The summed E-state index contributed by atoms with van der Waals surface area (Å²) in [7, 11) is 0. The van der Waals surface area contributed by atoms with Crippen LogP contribution in [0.15, 0.2) is 12.7 Å². The Balaban J connectivity index is 2.21. The van der Waals surface area contributed by atoms with Crippen LogP contribution in [-0.2, 0) is 19.0 Å². The predicted octanol–water partition coefficient (Wildman–Crippen LogP) is 2.27. The molecule has 0 aromatic carbocycles. The first-order chi connectivity index (χ1) is 10.0. The molecule has 0 aromatic heterocycles. The lowest BCUT2D eigenvalue weighted by atomic mass is 10.0. The topological polar surface area (TPSA) is 65.1 Å². The molecule has 2 heterocycles. The molecule has 2 saturated heterocycles. The van der Waals surface area contributed by atoms with Crippen LogP contribution in [0.2, 0.25) is 0 Å². The molecule has 0 aromatic rings. The van der Waals surface area contributed by atoms with Gasteiger partial charge < -0.3 is 14.2 Å². The summed E-state index contributed by atoms with van der Waals surface area (Å²) in [6.45, 7) is 12.9. The lowest BCUT2D eigenvalue weighted by molar-refractivity contribution is -0.163. The molecule has 6 nitrogen and oxygen atoms in total. The van der Waals surface area contributed by atoms with Gasteiger partial charge in [0.2, 0.25) is 0 Å². The highest BCUT2D eigenvalue weighted by atomic mass is 16.8. The summed E-state index contributed by atoms with van der Waals surface area (Å²) < 4.78 is 17.0. The number of rotatable bonds is 3. The number of amides is 1. The number of carbonyl (C=O) groups is 2. The molecule has 2 aliphatic heterocycles. The van der Waals surface area contributed by atoms with Gasteiger partial charge in [-0.15, -0.1) is 6.58 Å². The predicted molar refractivity (Wildman–Crippen MR) is 80.4 cm³/mol. The number of ether oxygens (including phenoxy) is 3. The fourth-order valence-corrected chi connectivity index (χ4v) is 2.89. The van der Waals surface area contributed by atoms with E-state index < -0.39 is 29.6 Å². The quantitative estimate of drug-likeness (QED) is 0.748. The van der Waals surface area contributed by atoms with Gasteiger partial charge in [0.05, 0.1) is 6.54 Å². The van der Waals surface area contributed by atoms with Crippen LogP contribution in [0.1, 0.15) is 41.0 Å². The second-order valence-corrected chi connectivity index (χ2v) is 7.18. The number of hydrogen-bond donors (Lipinski definition) is 0. The number of Topliss-reactive ketones (excluding diaryl/α,β-unsaturated/α-hetero) is 1. The van der Waals surface area contributed by atoms with Gasteiger partial charge in [-0.25, -0.2) is 4.79 Å². The zero-order valence-corrected chi connectivity index (χ0v) is 13.9. The van der Waals surface area contributed by atoms with Gasteiger partial charge in [-0.1, -0.05) is 6.08 Å². The third kappa shape index (κ3) is 3.50. The number of ketones is 1. The van der Waals surface area contributed by atoms with E-state index in [1.54, 1.807) is 34.6 Å². The summed E-state index contributed by atoms with van der Waals surface area (Å²) in [5.74, 6) is -0.864. The molecule has 124 valence electrons. The summed E-state index contributed by atoms with van der Waals surface area (Å²) in [6, 6.07) is -0.695. The minimum atomic E-state index is -0.748. The van der Waals surface area contributed by atoms with Crippen LogP contribution in [0.5, 0.6) is 0 Å². The van der Waals surface area contributed by atoms with Gasteiger partial charge in [-0.05, 0) is 34.6 Å². The van der Waals surface area contributed by atoms with Gasteiger partial charge in [0.1, 0.15) is 23.9 Å². The summed E-state index contributed by atoms with van der Waals surface area (Å²) in [5, 5.41) is 0. The van der Waals surface area contributed by atoms with E-state index in [2.05, 4.69) is 6.58 Å². The highest BCUT2D eigenvalue weighted by molar-refractivity contribution is 5.90. The number of fused-ring (bicyclic) bond motifs is 1. The first kappa shape index (κ1) is 17.0. The van der Waals surface area contributed by atoms with Crippen molar-refractivity contribution in [2.75, 3.05) is 6.54 Å². The Hall–Kier alpha value is -1.40.